The van der Waals surface area contributed by atoms with Crippen LogP contribution < -0.4 is 16.4 Å². The second kappa shape index (κ2) is 10.1. The molecular weight excluding hydrogens is 509 g/mol. The van der Waals surface area contributed by atoms with Crippen molar-refractivity contribution in [2.45, 2.75) is 36.4 Å². The van der Waals surface area contributed by atoms with E-state index < -0.39 is 35.4 Å². The van der Waals surface area contributed by atoms with Gasteiger partial charge in [0.2, 0.25) is 5.91 Å². The molecule has 0 radical (unpaired) electrons. The smallest absolute Gasteiger partial charge is 0.322 e. The fourth-order valence-corrected chi connectivity index (χ4v) is 5.10. The molecule has 3 aromatic carbocycles. The minimum Gasteiger partial charge on any atom is -0.391 e. The first-order valence-corrected chi connectivity index (χ1v) is 12.5. The largest absolute Gasteiger partial charge is 0.391 e. The van der Waals surface area contributed by atoms with Crippen LogP contribution in [0.2, 0.25) is 5.02 Å². The third kappa shape index (κ3) is 5.07. The Hall–Kier alpha value is -3.97. The summed E-state index contributed by atoms with van der Waals surface area (Å²) in [6.07, 6.45) is -0.273. The highest BCUT2D eigenvalue weighted by Crippen LogP contribution is 2.56. The van der Waals surface area contributed by atoms with E-state index in [1.54, 1.807) is 54.6 Å². The molecule has 3 amide bonds. The lowest BCUT2D eigenvalue weighted by atomic mass is 9.97. The molecule has 1 saturated heterocycles. The Morgan fingerprint density at radius 1 is 1.13 bits per heavy atom. The van der Waals surface area contributed by atoms with Crippen molar-refractivity contribution in [3.05, 3.63) is 94.3 Å². The molecule has 2 unspecified atom stereocenters. The van der Waals surface area contributed by atoms with Crippen molar-refractivity contribution in [3.63, 3.8) is 0 Å². The molecule has 1 aliphatic heterocycles. The lowest BCUT2D eigenvalue weighted by molar-refractivity contribution is -0.119. The van der Waals surface area contributed by atoms with Crippen LogP contribution in [0.1, 0.15) is 35.4 Å². The van der Waals surface area contributed by atoms with Gasteiger partial charge in [-0.3, -0.25) is 4.79 Å². The van der Waals surface area contributed by atoms with Gasteiger partial charge in [-0.05, 0) is 66.1 Å². The van der Waals surface area contributed by atoms with Crippen LogP contribution >= 0.6 is 11.6 Å². The summed E-state index contributed by atoms with van der Waals surface area (Å²) in [7, 11) is 0. The SMILES string of the molecule is N#Cc1cccc(C2(N)CC2c2ccc(F)c(NC(=O)[C@@H]3C[C@@H](O)CN3C(=O)Nc3ccc(Cl)cc3)c2)c1. The first-order chi connectivity index (χ1) is 18.2. The van der Waals surface area contributed by atoms with Crippen LogP contribution in [0.15, 0.2) is 66.7 Å². The summed E-state index contributed by atoms with van der Waals surface area (Å²) in [6, 6.07) is 18.6. The molecule has 10 heteroatoms. The molecule has 194 valence electrons. The summed E-state index contributed by atoms with van der Waals surface area (Å²) < 4.78 is 14.7. The summed E-state index contributed by atoms with van der Waals surface area (Å²) >= 11 is 5.88. The van der Waals surface area contributed by atoms with Crippen LogP contribution in [0, 0.1) is 17.1 Å². The molecular formula is C28H25ClFN5O3. The number of carbonyl (C=O) groups is 2. The molecule has 38 heavy (non-hydrogen) atoms. The number of anilines is 2. The van der Waals surface area contributed by atoms with Gasteiger partial charge in [0.25, 0.3) is 0 Å². The van der Waals surface area contributed by atoms with E-state index in [4.69, 9.17) is 17.3 Å². The highest BCUT2D eigenvalue weighted by Gasteiger charge is 2.53. The molecule has 3 aromatic rings. The summed E-state index contributed by atoms with van der Waals surface area (Å²) in [4.78, 5) is 27.2. The normalized spacial score (nSPS) is 24.0. The number of halogens is 2. The second-order valence-electron chi connectivity index (χ2n) is 9.71. The average Bonchev–Trinajstić information content (AvgIpc) is 3.45. The number of β-amino-alcohol motifs (C(OH)–C–C–N with tert-alkyl or cyclic N) is 1. The number of nitrogens with one attached hydrogen (secondary N) is 2. The molecule has 0 bridgehead atoms. The van der Waals surface area contributed by atoms with Crippen molar-refractivity contribution in [1.29, 1.82) is 5.26 Å². The third-order valence-electron chi connectivity index (χ3n) is 7.12. The van der Waals surface area contributed by atoms with Crippen LogP contribution in [0.25, 0.3) is 0 Å². The fraction of sp³-hybridized carbons (Fsp3) is 0.250. The third-order valence-corrected chi connectivity index (χ3v) is 7.37. The second-order valence-corrected chi connectivity index (χ2v) is 10.1. The van der Waals surface area contributed by atoms with E-state index in [1.807, 2.05) is 6.07 Å². The van der Waals surface area contributed by atoms with Gasteiger partial charge < -0.3 is 26.4 Å². The van der Waals surface area contributed by atoms with Crippen molar-refractivity contribution in [2.75, 3.05) is 17.2 Å². The van der Waals surface area contributed by atoms with E-state index in [1.165, 1.54) is 11.0 Å². The lowest BCUT2D eigenvalue weighted by Crippen LogP contribution is -2.45. The Labute approximate surface area is 223 Å². The molecule has 5 rings (SSSR count). The van der Waals surface area contributed by atoms with Gasteiger partial charge in [-0.2, -0.15) is 5.26 Å². The Balaban J connectivity index is 1.30. The van der Waals surface area contributed by atoms with Gasteiger partial charge in [0.15, 0.2) is 0 Å². The standard InChI is InChI=1S/C28H25ClFN5O3/c29-19-5-7-20(8-6-19)33-27(38)35-15-21(36)12-25(35)26(37)34-24-11-17(4-9-23(24)30)22-13-28(22,32)18-3-1-2-16(10-18)14-31/h1-11,21-22,25,36H,12-13,15,32H2,(H,33,38)(H,34,37)/t21-,22?,25+,28?/m1/s1. The topological polar surface area (TPSA) is 131 Å². The van der Waals surface area contributed by atoms with Crippen LogP contribution in [-0.2, 0) is 10.3 Å². The molecule has 0 spiro atoms. The Bertz CT molecular complexity index is 1440. The van der Waals surface area contributed by atoms with Gasteiger partial charge in [-0.1, -0.05) is 29.8 Å². The van der Waals surface area contributed by atoms with Crippen molar-refractivity contribution >= 4 is 34.9 Å². The number of aliphatic hydroxyl groups excluding tert-OH is 1. The Kier molecular flexibility index (Phi) is 6.80. The number of rotatable bonds is 5. The number of nitrogens with zero attached hydrogens (tertiary/aromatic N) is 2. The van der Waals surface area contributed by atoms with E-state index >= 15 is 0 Å². The minimum atomic E-state index is -0.997. The first kappa shape index (κ1) is 25.7. The number of benzene rings is 3. The minimum absolute atomic E-state index is 0.0188. The summed E-state index contributed by atoms with van der Waals surface area (Å²) in [5.74, 6) is -1.37. The molecule has 1 heterocycles. The van der Waals surface area contributed by atoms with E-state index in [0.717, 1.165) is 11.1 Å². The number of nitriles is 1. The van der Waals surface area contributed by atoms with Crippen LogP contribution in [-0.4, -0.2) is 40.6 Å². The summed E-state index contributed by atoms with van der Waals surface area (Å²) in [5.41, 5.74) is 8.44. The maximum absolute atomic E-state index is 14.7. The number of likely N-dealkylation sites (tertiary alicyclic amines) is 1. The number of carbonyl (C=O) groups excluding carboxylic acids is 2. The quantitative estimate of drug-likeness (QED) is 0.388. The summed E-state index contributed by atoms with van der Waals surface area (Å²) in [6.45, 7) is -0.0421. The summed E-state index contributed by atoms with van der Waals surface area (Å²) in [5, 5.41) is 25.2. The molecule has 1 aliphatic carbocycles. The van der Waals surface area contributed by atoms with Gasteiger partial charge in [0.05, 0.1) is 23.4 Å². The predicted octanol–water partition coefficient (Wildman–Crippen LogP) is 4.30. The number of urea groups is 1. The average molecular weight is 534 g/mol. The molecule has 2 aliphatic rings. The van der Waals surface area contributed by atoms with Gasteiger partial charge in [-0.25, -0.2) is 9.18 Å². The van der Waals surface area contributed by atoms with Crippen molar-refractivity contribution in [1.82, 2.24) is 4.90 Å². The molecule has 4 atom stereocenters. The van der Waals surface area contributed by atoms with Gasteiger partial charge in [0, 0.05) is 35.1 Å². The number of aliphatic hydroxyl groups is 1. The van der Waals surface area contributed by atoms with E-state index in [2.05, 4.69) is 16.7 Å². The lowest BCUT2D eigenvalue weighted by Gasteiger charge is -2.24. The maximum atomic E-state index is 14.7. The van der Waals surface area contributed by atoms with Gasteiger partial charge >= 0.3 is 6.03 Å². The van der Waals surface area contributed by atoms with E-state index in [-0.39, 0.29) is 24.6 Å². The number of nitrogens with two attached hydrogens (primary N) is 1. The van der Waals surface area contributed by atoms with Crippen LogP contribution in [0.4, 0.5) is 20.6 Å². The van der Waals surface area contributed by atoms with Gasteiger partial charge in [-0.15, -0.1) is 0 Å². The van der Waals surface area contributed by atoms with Crippen LogP contribution in [0.5, 0.6) is 0 Å². The van der Waals surface area contributed by atoms with E-state index in [0.29, 0.717) is 22.7 Å². The maximum Gasteiger partial charge on any atom is 0.322 e. The molecule has 5 N–H and O–H groups in total. The Morgan fingerprint density at radius 3 is 2.63 bits per heavy atom. The molecule has 1 saturated carbocycles. The number of hydrogen-bond donors (Lipinski definition) is 4. The number of hydrogen-bond acceptors (Lipinski definition) is 5. The first-order valence-electron chi connectivity index (χ1n) is 12.1. The number of amides is 3. The zero-order valence-corrected chi connectivity index (χ0v) is 21.0. The fourth-order valence-electron chi connectivity index (χ4n) is 4.98. The van der Waals surface area contributed by atoms with Crippen LogP contribution in [0.3, 0.4) is 0 Å². The zero-order chi connectivity index (χ0) is 27.0. The molecule has 8 nitrogen and oxygen atoms in total. The van der Waals surface area contributed by atoms with Crippen molar-refractivity contribution in [2.24, 2.45) is 5.73 Å². The monoisotopic (exact) mass is 533 g/mol. The highest BCUT2D eigenvalue weighted by atomic mass is 35.5. The van der Waals surface area contributed by atoms with Crippen molar-refractivity contribution < 1.29 is 19.1 Å². The van der Waals surface area contributed by atoms with Crippen molar-refractivity contribution in [3.8, 4) is 6.07 Å². The molecule has 2 fully saturated rings. The van der Waals surface area contributed by atoms with E-state index in [9.17, 15) is 24.3 Å². The zero-order valence-electron chi connectivity index (χ0n) is 20.2. The highest BCUT2D eigenvalue weighted by molar-refractivity contribution is 6.30. The molecule has 0 aromatic heterocycles. The Morgan fingerprint density at radius 2 is 1.89 bits per heavy atom. The van der Waals surface area contributed by atoms with Gasteiger partial charge in [0.1, 0.15) is 11.9 Å². The predicted molar refractivity (Wildman–Crippen MR) is 141 cm³/mol.